The third-order valence-corrected chi connectivity index (χ3v) is 2.27. The molecule has 0 aliphatic carbocycles. The number of ether oxygens (including phenoxy) is 2. The fourth-order valence-corrected chi connectivity index (χ4v) is 1.61. The number of rotatable bonds is 2. The monoisotopic (exact) mass is 222 g/mol. The van der Waals surface area contributed by atoms with E-state index in [0.717, 1.165) is 5.56 Å². The van der Waals surface area contributed by atoms with Crippen LogP contribution in [0.4, 0.5) is 0 Å². The van der Waals surface area contributed by atoms with Crippen molar-refractivity contribution < 1.29 is 19.1 Å². The lowest BCUT2D eigenvalue weighted by Crippen LogP contribution is -2.14. The molecule has 1 aromatic rings. The van der Waals surface area contributed by atoms with Crippen LogP contribution in [0.5, 0.6) is 0 Å². The van der Waals surface area contributed by atoms with Crippen LogP contribution in [0.2, 0.25) is 0 Å². The molecule has 16 heavy (non-hydrogen) atoms. The number of carbonyl (C=O) groups excluding carboxylic acids is 2. The normalized spacial score (nSPS) is 9.75. The zero-order valence-corrected chi connectivity index (χ0v) is 9.79. The molecule has 0 atom stereocenters. The molecule has 0 amide bonds. The molecule has 0 aromatic heterocycles. The first-order valence-electron chi connectivity index (χ1n) is 4.79. The van der Waals surface area contributed by atoms with E-state index in [9.17, 15) is 9.59 Å². The highest BCUT2D eigenvalue weighted by molar-refractivity contribution is 6.04. The standard InChI is InChI=1S/C12H14O4/c1-7-5-8(2)10(12(14)16-4)9(6-7)11(13)15-3/h5-6H,1-4H3. The van der Waals surface area contributed by atoms with Gasteiger partial charge >= 0.3 is 11.9 Å². The van der Waals surface area contributed by atoms with Crippen LogP contribution < -0.4 is 0 Å². The summed E-state index contributed by atoms with van der Waals surface area (Å²) in [7, 11) is 2.56. The van der Waals surface area contributed by atoms with Gasteiger partial charge in [-0.1, -0.05) is 6.07 Å². The number of hydrogen-bond donors (Lipinski definition) is 0. The molecular formula is C12H14O4. The summed E-state index contributed by atoms with van der Waals surface area (Å²) in [6.07, 6.45) is 0. The van der Waals surface area contributed by atoms with Gasteiger partial charge < -0.3 is 9.47 Å². The van der Waals surface area contributed by atoms with Crippen molar-refractivity contribution in [1.82, 2.24) is 0 Å². The Hall–Kier alpha value is -1.84. The molecule has 4 heteroatoms. The van der Waals surface area contributed by atoms with Crippen LogP contribution in [0.3, 0.4) is 0 Å². The summed E-state index contributed by atoms with van der Waals surface area (Å²) < 4.78 is 9.28. The zero-order valence-electron chi connectivity index (χ0n) is 9.79. The third-order valence-electron chi connectivity index (χ3n) is 2.27. The molecule has 1 rings (SSSR count). The van der Waals surface area contributed by atoms with E-state index < -0.39 is 11.9 Å². The molecule has 0 unspecified atom stereocenters. The second kappa shape index (κ2) is 4.79. The van der Waals surface area contributed by atoms with Crippen molar-refractivity contribution in [1.29, 1.82) is 0 Å². The first kappa shape index (κ1) is 12.2. The summed E-state index contributed by atoms with van der Waals surface area (Å²) in [6, 6.07) is 3.43. The van der Waals surface area contributed by atoms with Crippen molar-refractivity contribution in [2.75, 3.05) is 14.2 Å². The summed E-state index contributed by atoms with van der Waals surface area (Å²) in [4.78, 5) is 23.1. The van der Waals surface area contributed by atoms with Gasteiger partial charge in [0.25, 0.3) is 0 Å². The highest BCUT2D eigenvalue weighted by Crippen LogP contribution is 2.19. The van der Waals surface area contributed by atoms with E-state index in [2.05, 4.69) is 9.47 Å². The summed E-state index contributed by atoms with van der Waals surface area (Å²) in [5, 5.41) is 0. The number of methoxy groups -OCH3 is 2. The summed E-state index contributed by atoms with van der Waals surface area (Å²) in [5.41, 5.74) is 2.10. The predicted molar refractivity (Wildman–Crippen MR) is 58.6 cm³/mol. The van der Waals surface area contributed by atoms with Gasteiger partial charge in [-0.25, -0.2) is 9.59 Å². The lowest BCUT2D eigenvalue weighted by atomic mass is 9.99. The molecule has 0 aliphatic heterocycles. The van der Waals surface area contributed by atoms with Gasteiger partial charge in [0.15, 0.2) is 0 Å². The maximum atomic E-state index is 11.6. The Labute approximate surface area is 94.2 Å². The largest absolute Gasteiger partial charge is 0.465 e. The lowest BCUT2D eigenvalue weighted by molar-refractivity contribution is 0.0554. The molecule has 0 saturated heterocycles. The van der Waals surface area contributed by atoms with Gasteiger partial charge in [-0.2, -0.15) is 0 Å². The lowest BCUT2D eigenvalue weighted by Gasteiger charge is -2.10. The van der Waals surface area contributed by atoms with Crippen LogP contribution in [-0.4, -0.2) is 26.2 Å². The van der Waals surface area contributed by atoms with Crippen molar-refractivity contribution in [3.63, 3.8) is 0 Å². The average Bonchev–Trinajstić information content (AvgIpc) is 2.26. The SMILES string of the molecule is COC(=O)c1cc(C)cc(C)c1C(=O)OC. The highest BCUT2D eigenvalue weighted by atomic mass is 16.5. The number of aryl methyl sites for hydroxylation is 2. The van der Waals surface area contributed by atoms with E-state index in [0.29, 0.717) is 5.56 Å². The topological polar surface area (TPSA) is 52.6 Å². The van der Waals surface area contributed by atoms with Gasteiger partial charge in [0.2, 0.25) is 0 Å². The first-order valence-corrected chi connectivity index (χ1v) is 4.79. The molecule has 86 valence electrons. The number of carbonyl (C=O) groups is 2. The Morgan fingerprint density at radius 3 is 2.06 bits per heavy atom. The average molecular weight is 222 g/mol. The Kier molecular flexibility index (Phi) is 3.66. The van der Waals surface area contributed by atoms with Gasteiger partial charge in [0, 0.05) is 0 Å². The minimum Gasteiger partial charge on any atom is -0.465 e. The maximum absolute atomic E-state index is 11.6. The first-order chi connectivity index (χ1) is 7.51. The minimum absolute atomic E-state index is 0.242. The fourth-order valence-electron chi connectivity index (χ4n) is 1.61. The zero-order chi connectivity index (χ0) is 12.3. The molecule has 0 radical (unpaired) electrons. The van der Waals surface area contributed by atoms with Gasteiger partial charge in [-0.15, -0.1) is 0 Å². The summed E-state index contributed by atoms with van der Waals surface area (Å²) in [5.74, 6) is -1.06. The van der Waals surface area contributed by atoms with E-state index in [4.69, 9.17) is 0 Å². The highest BCUT2D eigenvalue weighted by Gasteiger charge is 2.20. The second-order valence-electron chi connectivity index (χ2n) is 3.49. The van der Waals surface area contributed by atoms with Crippen molar-refractivity contribution in [3.05, 3.63) is 34.4 Å². The van der Waals surface area contributed by atoms with Gasteiger partial charge in [0.1, 0.15) is 0 Å². The van der Waals surface area contributed by atoms with Crippen LogP contribution in [0.1, 0.15) is 31.8 Å². The smallest absolute Gasteiger partial charge is 0.339 e. The molecule has 0 N–H and O–H groups in total. The van der Waals surface area contributed by atoms with E-state index in [-0.39, 0.29) is 11.1 Å². The molecule has 4 nitrogen and oxygen atoms in total. The predicted octanol–water partition coefficient (Wildman–Crippen LogP) is 1.88. The Morgan fingerprint density at radius 2 is 1.56 bits per heavy atom. The molecule has 0 bridgehead atoms. The summed E-state index contributed by atoms with van der Waals surface area (Å²) in [6.45, 7) is 3.60. The van der Waals surface area contributed by atoms with Crippen LogP contribution >= 0.6 is 0 Å². The number of hydrogen-bond acceptors (Lipinski definition) is 4. The quantitative estimate of drug-likeness (QED) is 0.717. The van der Waals surface area contributed by atoms with E-state index in [1.165, 1.54) is 14.2 Å². The molecule has 0 aliphatic rings. The van der Waals surface area contributed by atoms with Crippen LogP contribution in [0.15, 0.2) is 12.1 Å². The van der Waals surface area contributed by atoms with Crippen LogP contribution in [-0.2, 0) is 9.47 Å². The van der Waals surface area contributed by atoms with Crippen LogP contribution in [0, 0.1) is 13.8 Å². The Bertz CT molecular complexity index is 435. The van der Waals surface area contributed by atoms with E-state index in [1.54, 1.807) is 13.0 Å². The Morgan fingerprint density at radius 1 is 1.00 bits per heavy atom. The van der Waals surface area contributed by atoms with Crippen LogP contribution in [0.25, 0.3) is 0 Å². The van der Waals surface area contributed by atoms with Crippen molar-refractivity contribution in [3.8, 4) is 0 Å². The molecule has 0 fully saturated rings. The minimum atomic E-state index is -0.535. The van der Waals surface area contributed by atoms with E-state index >= 15 is 0 Å². The second-order valence-corrected chi connectivity index (χ2v) is 3.49. The molecular weight excluding hydrogens is 208 g/mol. The fraction of sp³-hybridized carbons (Fsp3) is 0.333. The molecule has 0 saturated carbocycles. The maximum Gasteiger partial charge on any atom is 0.339 e. The van der Waals surface area contributed by atoms with Crippen molar-refractivity contribution in [2.24, 2.45) is 0 Å². The Balaban J connectivity index is 3.44. The van der Waals surface area contributed by atoms with Crippen molar-refractivity contribution >= 4 is 11.9 Å². The molecule has 0 heterocycles. The number of benzene rings is 1. The number of esters is 2. The van der Waals surface area contributed by atoms with Crippen molar-refractivity contribution in [2.45, 2.75) is 13.8 Å². The summed E-state index contributed by atoms with van der Waals surface area (Å²) >= 11 is 0. The molecule has 1 aromatic carbocycles. The molecule has 0 spiro atoms. The van der Waals surface area contributed by atoms with Gasteiger partial charge in [0.05, 0.1) is 25.3 Å². The van der Waals surface area contributed by atoms with Gasteiger partial charge in [-0.3, -0.25) is 0 Å². The van der Waals surface area contributed by atoms with Gasteiger partial charge in [-0.05, 0) is 31.0 Å². The third kappa shape index (κ3) is 2.21. The van der Waals surface area contributed by atoms with E-state index in [1.807, 2.05) is 13.0 Å².